The molecule has 0 spiro atoms. The van der Waals surface area contributed by atoms with E-state index in [9.17, 15) is 26.3 Å². The highest BCUT2D eigenvalue weighted by atomic mass is 35.5. The summed E-state index contributed by atoms with van der Waals surface area (Å²) in [5, 5.41) is -1.37. The topological polar surface area (TPSA) is 0 Å². The summed E-state index contributed by atoms with van der Waals surface area (Å²) in [7, 11) is 0. The molecule has 0 aliphatic rings. The quantitative estimate of drug-likeness (QED) is 0.391. The number of halogens is 7. The van der Waals surface area contributed by atoms with Gasteiger partial charge in [0.05, 0.1) is 10.9 Å². The van der Waals surface area contributed by atoms with Crippen LogP contribution < -0.4 is 0 Å². The van der Waals surface area contributed by atoms with Crippen molar-refractivity contribution in [2.75, 3.05) is 0 Å². The van der Waals surface area contributed by atoms with Gasteiger partial charge in [-0.3, -0.25) is 0 Å². The van der Waals surface area contributed by atoms with Crippen molar-refractivity contribution in [1.29, 1.82) is 0 Å². The molecule has 0 fully saturated rings. The van der Waals surface area contributed by atoms with Crippen LogP contribution in [-0.2, 0) is 6.18 Å². The summed E-state index contributed by atoms with van der Waals surface area (Å²) < 4.78 is 77.4. The van der Waals surface area contributed by atoms with Gasteiger partial charge in [-0.15, -0.1) is 11.6 Å². The van der Waals surface area contributed by atoms with Gasteiger partial charge in [0.25, 0.3) is 0 Å². The fraction of sp³-hybridized carbons (Fsp3) is 0.143. The molecule has 0 aliphatic carbocycles. The Kier molecular flexibility index (Phi) is 4.18. The standard InChI is InChI=1S/C14H7ClF6/c15-13(9-5-11(17)12(18)6-10(9)16)7-2-1-3-8(4-7)14(19,20)21/h1-6,13H. The van der Waals surface area contributed by atoms with E-state index < -0.39 is 40.1 Å². The van der Waals surface area contributed by atoms with Gasteiger partial charge in [-0.05, 0) is 23.8 Å². The minimum atomic E-state index is -4.58. The monoisotopic (exact) mass is 324 g/mol. The highest BCUT2D eigenvalue weighted by molar-refractivity contribution is 6.22. The van der Waals surface area contributed by atoms with Crippen LogP contribution >= 0.6 is 11.6 Å². The first-order valence-corrected chi connectivity index (χ1v) is 6.09. The molecule has 2 aromatic rings. The Labute approximate surface area is 121 Å². The Hall–Kier alpha value is -1.69. The van der Waals surface area contributed by atoms with Crippen molar-refractivity contribution in [3.8, 4) is 0 Å². The second-order valence-corrected chi connectivity index (χ2v) is 4.71. The predicted molar refractivity (Wildman–Crippen MR) is 65.5 cm³/mol. The maximum Gasteiger partial charge on any atom is 0.416 e. The lowest BCUT2D eigenvalue weighted by molar-refractivity contribution is -0.137. The summed E-state index contributed by atoms with van der Waals surface area (Å²) in [6, 6.07) is 4.74. The summed E-state index contributed by atoms with van der Waals surface area (Å²) >= 11 is 5.89. The van der Waals surface area contributed by atoms with Crippen LogP contribution in [0.2, 0.25) is 0 Å². The minimum Gasteiger partial charge on any atom is -0.207 e. The van der Waals surface area contributed by atoms with Gasteiger partial charge in [0.1, 0.15) is 5.82 Å². The van der Waals surface area contributed by atoms with E-state index in [-0.39, 0.29) is 5.56 Å². The molecule has 0 nitrogen and oxygen atoms in total. The molecular weight excluding hydrogens is 318 g/mol. The third-order valence-electron chi connectivity index (χ3n) is 2.82. The molecule has 112 valence electrons. The van der Waals surface area contributed by atoms with Gasteiger partial charge in [0.2, 0.25) is 0 Å². The molecule has 2 rings (SSSR count). The van der Waals surface area contributed by atoms with Gasteiger partial charge in [0.15, 0.2) is 11.6 Å². The normalized spacial score (nSPS) is 13.3. The van der Waals surface area contributed by atoms with Crippen molar-refractivity contribution in [2.24, 2.45) is 0 Å². The molecule has 7 heteroatoms. The van der Waals surface area contributed by atoms with E-state index in [0.717, 1.165) is 18.2 Å². The molecule has 0 radical (unpaired) electrons. The van der Waals surface area contributed by atoms with Gasteiger partial charge in [-0.1, -0.05) is 12.1 Å². The van der Waals surface area contributed by atoms with Crippen molar-refractivity contribution in [1.82, 2.24) is 0 Å². The number of hydrogen-bond donors (Lipinski definition) is 0. The van der Waals surface area contributed by atoms with E-state index >= 15 is 0 Å². The Morgan fingerprint density at radius 3 is 2.10 bits per heavy atom. The zero-order chi connectivity index (χ0) is 15.8. The number of hydrogen-bond acceptors (Lipinski definition) is 0. The number of rotatable bonds is 2. The Bertz CT molecular complexity index is 665. The van der Waals surface area contributed by atoms with Crippen molar-refractivity contribution in [2.45, 2.75) is 11.6 Å². The fourth-order valence-electron chi connectivity index (χ4n) is 1.78. The maximum absolute atomic E-state index is 13.6. The first-order chi connectivity index (χ1) is 9.70. The van der Waals surface area contributed by atoms with Crippen LogP contribution in [0.5, 0.6) is 0 Å². The molecule has 0 aromatic heterocycles. The van der Waals surface area contributed by atoms with E-state index in [1.165, 1.54) is 6.07 Å². The molecule has 0 saturated carbocycles. The Balaban J connectivity index is 2.45. The smallest absolute Gasteiger partial charge is 0.207 e. The van der Waals surface area contributed by atoms with E-state index in [1.54, 1.807) is 0 Å². The van der Waals surface area contributed by atoms with Crippen LogP contribution in [0.25, 0.3) is 0 Å². The van der Waals surface area contributed by atoms with Gasteiger partial charge in [0, 0.05) is 11.6 Å². The van der Waals surface area contributed by atoms with Crippen molar-refractivity contribution in [3.63, 3.8) is 0 Å². The lowest BCUT2D eigenvalue weighted by Gasteiger charge is -2.14. The average Bonchev–Trinajstić information content (AvgIpc) is 2.41. The molecule has 1 unspecified atom stereocenters. The summed E-state index contributed by atoms with van der Waals surface area (Å²) in [5.41, 5.74) is -1.47. The van der Waals surface area contributed by atoms with Crippen molar-refractivity contribution < 1.29 is 26.3 Å². The fourth-order valence-corrected chi connectivity index (χ4v) is 2.09. The molecule has 2 aromatic carbocycles. The van der Waals surface area contributed by atoms with Gasteiger partial charge in [-0.2, -0.15) is 13.2 Å². The Morgan fingerprint density at radius 1 is 0.857 bits per heavy atom. The third kappa shape index (κ3) is 3.32. The third-order valence-corrected chi connectivity index (χ3v) is 3.31. The van der Waals surface area contributed by atoms with E-state index in [0.29, 0.717) is 12.1 Å². The highest BCUT2D eigenvalue weighted by Gasteiger charge is 2.31. The van der Waals surface area contributed by atoms with Crippen LogP contribution in [0.1, 0.15) is 22.1 Å². The Morgan fingerprint density at radius 2 is 1.48 bits per heavy atom. The van der Waals surface area contributed by atoms with Gasteiger partial charge in [-0.25, -0.2) is 13.2 Å². The van der Waals surface area contributed by atoms with Crippen LogP contribution in [0, 0.1) is 17.5 Å². The second kappa shape index (κ2) is 5.60. The molecule has 0 N–H and O–H groups in total. The molecular formula is C14H7ClF6. The summed E-state index contributed by atoms with van der Waals surface area (Å²) in [4.78, 5) is 0. The molecule has 0 bridgehead atoms. The predicted octanol–water partition coefficient (Wildman–Crippen LogP) is 5.45. The zero-order valence-electron chi connectivity index (χ0n) is 10.2. The van der Waals surface area contributed by atoms with Crippen LogP contribution in [0.15, 0.2) is 36.4 Å². The minimum absolute atomic E-state index is 0.0728. The molecule has 0 aliphatic heterocycles. The van der Waals surface area contributed by atoms with Crippen molar-refractivity contribution in [3.05, 3.63) is 70.5 Å². The maximum atomic E-state index is 13.6. The lowest BCUT2D eigenvalue weighted by Crippen LogP contribution is -2.07. The number of benzene rings is 2. The van der Waals surface area contributed by atoms with Gasteiger partial charge >= 0.3 is 6.18 Å². The number of alkyl halides is 4. The molecule has 1 atom stereocenters. The lowest BCUT2D eigenvalue weighted by atomic mass is 10.0. The van der Waals surface area contributed by atoms with E-state index in [4.69, 9.17) is 11.6 Å². The van der Waals surface area contributed by atoms with Crippen molar-refractivity contribution >= 4 is 11.6 Å². The average molecular weight is 325 g/mol. The van der Waals surface area contributed by atoms with Crippen LogP contribution in [-0.4, -0.2) is 0 Å². The van der Waals surface area contributed by atoms with Gasteiger partial charge < -0.3 is 0 Å². The van der Waals surface area contributed by atoms with Crippen LogP contribution in [0.4, 0.5) is 26.3 Å². The largest absolute Gasteiger partial charge is 0.416 e. The first-order valence-electron chi connectivity index (χ1n) is 5.66. The first kappa shape index (κ1) is 15.7. The summed E-state index contributed by atoms with van der Waals surface area (Å²) in [6.07, 6.45) is -4.58. The molecule has 0 heterocycles. The summed E-state index contributed by atoms with van der Waals surface area (Å²) in [5.74, 6) is -3.86. The van der Waals surface area contributed by atoms with E-state index in [1.807, 2.05) is 0 Å². The molecule has 0 saturated heterocycles. The SMILES string of the molecule is Fc1cc(F)c(C(Cl)c2cccc(C(F)(F)F)c2)cc1F. The second-order valence-electron chi connectivity index (χ2n) is 4.27. The zero-order valence-corrected chi connectivity index (χ0v) is 10.9. The highest BCUT2D eigenvalue weighted by Crippen LogP contribution is 2.35. The molecule has 0 amide bonds. The summed E-state index contributed by atoms with van der Waals surface area (Å²) in [6.45, 7) is 0. The van der Waals surface area contributed by atoms with E-state index in [2.05, 4.69) is 0 Å². The van der Waals surface area contributed by atoms with Crippen LogP contribution in [0.3, 0.4) is 0 Å². The molecule has 21 heavy (non-hydrogen) atoms.